The maximum atomic E-state index is 2.48. The fourth-order valence-corrected chi connectivity index (χ4v) is 11.1. The number of anilines is 3. The third-order valence-corrected chi connectivity index (χ3v) is 13.9. The molecule has 0 aliphatic heterocycles. The second kappa shape index (κ2) is 11.8. The van der Waals surface area contributed by atoms with Crippen LogP contribution in [-0.2, 0) is 10.8 Å². The first-order valence-electron chi connectivity index (χ1n) is 19.5. The van der Waals surface area contributed by atoms with E-state index in [4.69, 9.17) is 0 Å². The number of thiophene rings is 1. The van der Waals surface area contributed by atoms with Crippen LogP contribution in [0.25, 0.3) is 65.7 Å². The maximum Gasteiger partial charge on any atom is 0.0539 e. The lowest BCUT2D eigenvalue weighted by Crippen LogP contribution is -2.15. The highest BCUT2D eigenvalue weighted by Crippen LogP contribution is 2.55. The minimum absolute atomic E-state index is 0.0338. The van der Waals surface area contributed by atoms with Crippen LogP contribution in [0.4, 0.5) is 17.1 Å². The molecule has 3 aliphatic rings. The molecule has 1 aromatic heterocycles. The Morgan fingerprint density at radius 1 is 0.509 bits per heavy atom. The van der Waals surface area contributed by atoms with Crippen molar-refractivity contribution >= 4 is 60.7 Å². The second-order valence-corrected chi connectivity index (χ2v) is 17.5. The summed E-state index contributed by atoms with van der Waals surface area (Å²) < 4.78 is 2.74. The molecule has 1 heterocycles. The predicted octanol–water partition coefficient (Wildman–Crippen LogP) is 15.2. The Balaban J connectivity index is 1.07. The van der Waals surface area contributed by atoms with Crippen molar-refractivity contribution < 1.29 is 0 Å². The fraction of sp³-hybridized carbons (Fsp3) is 0.132. The number of benzene rings is 7. The number of allylic oxidation sites excluding steroid dienone is 2. The van der Waals surface area contributed by atoms with Crippen LogP contribution < -0.4 is 4.90 Å². The first-order valence-corrected chi connectivity index (χ1v) is 20.3. The third kappa shape index (κ3) is 4.71. The van der Waals surface area contributed by atoms with Gasteiger partial charge in [-0.3, -0.25) is 0 Å². The molecule has 0 bridgehead atoms. The summed E-state index contributed by atoms with van der Waals surface area (Å²) in [7, 11) is 0. The van der Waals surface area contributed by atoms with Gasteiger partial charge in [0.15, 0.2) is 0 Å². The average molecular weight is 724 g/mol. The van der Waals surface area contributed by atoms with Gasteiger partial charge in [0.2, 0.25) is 0 Å². The second-order valence-electron chi connectivity index (χ2n) is 16.5. The van der Waals surface area contributed by atoms with Gasteiger partial charge in [-0.2, -0.15) is 0 Å². The molecular formula is C53H41NS. The van der Waals surface area contributed by atoms with Crippen LogP contribution in [-0.4, -0.2) is 0 Å². The molecule has 0 amide bonds. The summed E-state index contributed by atoms with van der Waals surface area (Å²) in [6.07, 6.45) is 10.0. The maximum absolute atomic E-state index is 2.48. The van der Waals surface area contributed by atoms with Gasteiger partial charge >= 0.3 is 0 Å². The largest absolute Gasteiger partial charge is 0.310 e. The van der Waals surface area contributed by atoms with Crippen LogP contribution in [0.1, 0.15) is 67.5 Å². The lowest BCUT2D eigenvalue weighted by atomic mass is 9.81. The molecule has 0 N–H and O–H groups in total. The smallest absolute Gasteiger partial charge is 0.0539 e. The summed E-state index contributed by atoms with van der Waals surface area (Å²) in [5.41, 5.74) is 19.4. The van der Waals surface area contributed by atoms with E-state index in [2.05, 4.69) is 196 Å². The van der Waals surface area contributed by atoms with Gasteiger partial charge in [0, 0.05) is 53.5 Å². The highest BCUT2D eigenvalue weighted by atomic mass is 32.1. The van der Waals surface area contributed by atoms with Crippen molar-refractivity contribution in [2.45, 2.75) is 44.9 Å². The van der Waals surface area contributed by atoms with E-state index in [-0.39, 0.29) is 10.8 Å². The highest BCUT2D eigenvalue weighted by molar-refractivity contribution is 7.26. The Hall–Kier alpha value is -5.96. The van der Waals surface area contributed by atoms with Crippen LogP contribution >= 0.6 is 11.3 Å². The molecule has 11 rings (SSSR count). The molecule has 2 heteroatoms. The number of nitrogens with zero attached hydrogens (tertiary/aromatic N) is 1. The van der Waals surface area contributed by atoms with Gasteiger partial charge in [0.1, 0.15) is 0 Å². The fourth-order valence-electron chi connectivity index (χ4n) is 9.81. The predicted molar refractivity (Wildman–Crippen MR) is 237 cm³/mol. The average Bonchev–Trinajstić information content (AvgIpc) is 3.67. The molecule has 0 unspecified atom stereocenters. The number of fused-ring (bicyclic) bond motifs is 11. The molecule has 0 fully saturated rings. The van der Waals surface area contributed by atoms with Gasteiger partial charge < -0.3 is 4.90 Å². The molecule has 55 heavy (non-hydrogen) atoms. The van der Waals surface area contributed by atoms with Gasteiger partial charge in [-0.1, -0.05) is 149 Å². The Morgan fingerprint density at radius 3 is 2.11 bits per heavy atom. The Kier molecular flexibility index (Phi) is 6.95. The molecule has 0 atom stereocenters. The van der Waals surface area contributed by atoms with Crippen LogP contribution in [0.2, 0.25) is 0 Å². The SMILES string of the molecule is CC1(C)c2ccccc2-c2ccc(-c3ccc(N(c4ccc5c(c4)-c4c(ccc6c4sc4ccccc46)C5(C)C)c4cccc5c4C=CCC=C5)cc3)cc21. The highest BCUT2D eigenvalue weighted by Gasteiger charge is 2.38. The zero-order valence-electron chi connectivity index (χ0n) is 31.7. The van der Waals surface area contributed by atoms with Gasteiger partial charge in [0.05, 0.1) is 5.69 Å². The van der Waals surface area contributed by atoms with Crippen molar-refractivity contribution in [1.29, 1.82) is 0 Å². The van der Waals surface area contributed by atoms with E-state index < -0.39 is 0 Å². The Labute approximate surface area is 327 Å². The third-order valence-electron chi connectivity index (χ3n) is 12.7. The molecule has 0 saturated heterocycles. The standard InChI is InChI=1S/C53H41NS/c1-52(2)45-29-26-37(32-43(45)50-46(52)30-28-42-41-17-9-11-20-49(41)55-51(42)50)54(48-19-12-14-34-13-6-5-7-15-38(34)48)36-24-21-33(22-25-36)35-23-27-40-39-16-8-10-18-44(39)53(3,4)47(40)31-35/h6-32H,5H2,1-4H3. The van der Waals surface area contributed by atoms with E-state index in [1.807, 2.05) is 11.3 Å². The van der Waals surface area contributed by atoms with E-state index in [1.165, 1.54) is 98.3 Å². The monoisotopic (exact) mass is 723 g/mol. The van der Waals surface area contributed by atoms with Crippen molar-refractivity contribution in [3.63, 3.8) is 0 Å². The molecule has 264 valence electrons. The van der Waals surface area contributed by atoms with E-state index in [0.29, 0.717) is 0 Å². The summed E-state index contributed by atoms with van der Waals surface area (Å²) in [5.74, 6) is 0. The van der Waals surface area contributed by atoms with Crippen molar-refractivity contribution in [3.8, 4) is 33.4 Å². The molecule has 7 aromatic carbocycles. The van der Waals surface area contributed by atoms with Crippen molar-refractivity contribution in [2.24, 2.45) is 0 Å². The summed E-state index contributed by atoms with van der Waals surface area (Å²) in [4.78, 5) is 2.48. The first-order chi connectivity index (χ1) is 26.8. The summed E-state index contributed by atoms with van der Waals surface area (Å²) in [6, 6.07) is 52.7. The van der Waals surface area contributed by atoms with Gasteiger partial charge in [-0.15, -0.1) is 11.3 Å². The molecule has 0 radical (unpaired) electrons. The van der Waals surface area contributed by atoms with E-state index in [0.717, 1.165) is 12.1 Å². The molecule has 1 nitrogen and oxygen atoms in total. The lowest BCUT2D eigenvalue weighted by Gasteiger charge is -2.29. The molecule has 8 aromatic rings. The van der Waals surface area contributed by atoms with Gasteiger partial charge in [-0.25, -0.2) is 0 Å². The van der Waals surface area contributed by atoms with Crippen LogP contribution in [0.5, 0.6) is 0 Å². The molecular weight excluding hydrogens is 683 g/mol. The van der Waals surface area contributed by atoms with Gasteiger partial charge in [0.25, 0.3) is 0 Å². The molecule has 0 spiro atoms. The van der Waals surface area contributed by atoms with E-state index in [1.54, 1.807) is 0 Å². The van der Waals surface area contributed by atoms with Crippen LogP contribution in [0.3, 0.4) is 0 Å². The number of hydrogen-bond donors (Lipinski definition) is 0. The van der Waals surface area contributed by atoms with E-state index >= 15 is 0 Å². The van der Waals surface area contributed by atoms with E-state index in [9.17, 15) is 0 Å². The summed E-state index contributed by atoms with van der Waals surface area (Å²) >= 11 is 1.93. The topological polar surface area (TPSA) is 3.24 Å². The Morgan fingerprint density at radius 2 is 1.22 bits per heavy atom. The van der Waals surface area contributed by atoms with Gasteiger partial charge in [-0.05, 0) is 105 Å². The van der Waals surface area contributed by atoms with Crippen LogP contribution in [0, 0.1) is 0 Å². The first kappa shape index (κ1) is 32.5. The van der Waals surface area contributed by atoms with Crippen LogP contribution in [0.15, 0.2) is 152 Å². The molecule has 3 aliphatic carbocycles. The lowest BCUT2D eigenvalue weighted by molar-refractivity contribution is 0.660. The Bertz CT molecular complexity index is 2950. The van der Waals surface area contributed by atoms with Crippen molar-refractivity contribution in [2.75, 3.05) is 4.90 Å². The minimum Gasteiger partial charge on any atom is -0.310 e. The van der Waals surface area contributed by atoms with Crippen molar-refractivity contribution in [3.05, 3.63) is 185 Å². The normalized spacial score (nSPS) is 15.3. The quantitative estimate of drug-likeness (QED) is 0.175. The molecule has 0 saturated carbocycles. The zero-order valence-corrected chi connectivity index (χ0v) is 32.5. The zero-order chi connectivity index (χ0) is 37.1. The number of hydrogen-bond acceptors (Lipinski definition) is 2. The minimum atomic E-state index is -0.0941. The number of rotatable bonds is 4. The summed E-state index contributed by atoms with van der Waals surface area (Å²) in [6.45, 7) is 9.49. The summed E-state index contributed by atoms with van der Waals surface area (Å²) in [5, 5.41) is 2.70. The van der Waals surface area contributed by atoms with Crippen molar-refractivity contribution in [1.82, 2.24) is 0 Å².